The number of para-hydroxylation sites is 1. The van der Waals surface area contributed by atoms with Gasteiger partial charge in [-0.25, -0.2) is 0 Å². The molecule has 2 rings (SSSR count). The van der Waals surface area contributed by atoms with Gasteiger partial charge < -0.3 is 14.6 Å². The highest BCUT2D eigenvalue weighted by Gasteiger charge is 2.07. The molecule has 116 valence electrons. The lowest BCUT2D eigenvalue weighted by molar-refractivity contribution is 0.199. The van der Waals surface area contributed by atoms with Crippen LogP contribution in [0.25, 0.3) is 10.9 Å². The third-order valence-electron chi connectivity index (χ3n) is 3.93. The molecule has 0 saturated heterocycles. The second-order valence-corrected chi connectivity index (χ2v) is 5.56. The van der Waals surface area contributed by atoms with Crippen LogP contribution in [0.15, 0.2) is 30.5 Å². The Morgan fingerprint density at radius 1 is 1.14 bits per heavy atom. The molecule has 0 atom stereocenters. The average molecular weight is 288 g/mol. The number of benzene rings is 1. The molecular weight excluding hydrogens is 260 g/mol. The first kappa shape index (κ1) is 16.1. The van der Waals surface area contributed by atoms with Crippen LogP contribution in [0.2, 0.25) is 0 Å². The molecule has 0 unspecified atom stereocenters. The van der Waals surface area contributed by atoms with Crippen molar-refractivity contribution in [3.8, 4) is 0 Å². The predicted octanol–water partition coefficient (Wildman–Crippen LogP) is 3.61. The fourth-order valence-electron chi connectivity index (χ4n) is 2.76. The number of ether oxygens (including phenoxy) is 1. The van der Waals surface area contributed by atoms with Gasteiger partial charge in [-0.3, -0.25) is 0 Å². The van der Waals surface area contributed by atoms with Gasteiger partial charge >= 0.3 is 0 Å². The van der Waals surface area contributed by atoms with Crippen LogP contribution in [-0.4, -0.2) is 31.4 Å². The van der Waals surface area contributed by atoms with Crippen LogP contribution in [0.1, 0.15) is 31.7 Å². The van der Waals surface area contributed by atoms with Crippen molar-refractivity contribution >= 4 is 10.9 Å². The van der Waals surface area contributed by atoms with E-state index in [9.17, 15) is 0 Å². The Kier molecular flexibility index (Phi) is 6.77. The Morgan fingerprint density at radius 2 is 2.00 bits per heavy atom. The summed E-state index contributed by atoms with van der Waals surface area (Å²) >= 11 is 0. The van der Waals surface area contributed by atoms with Crippen molar-refractivity contribution in [2.45, 2.75) is 39.2 Å². The molecule has 0 aliphatic rings. The minimum Gasteiger partial charge on any atom is -0.383 e. The van der Waals surface area contributed by atoms with Gasteiger partial charge in [0.1, 0.15) is 0 Å². The Balaban J connectivity index is 2.01. The van der Waals surface area contributed by atoms with E-state index in [1.807, 2.05) is 0 Å². The van der Waals surface area contributed by atoms with Crippen LogP contribution in [0.4, 0.5) is 0 Å². The SMILES string of the molecule is CCCCCn1cc(CCNCCOC)c2ccccc21. The van der Waals surface area contributed by atoms with E-state index in [2.05, 4.69) is 47.3 Å². The molecule has 0 fully saturated rings. The highest BCUT2D eigenvalue weighted by atomic mass is 16.5. The minimum atomic E-state index is 0.777. The molecule has 1 N–H and O–H groups in total. The fourth-order valence-corrected chi connectivity index (χ4v) is 2.76. The standard InChI is InChI=1S/C18H28N2O/c1-3-4-7-13-20-15-16(10-11-19-12-14-21-2)17-8-5-6-9-18(17)20/h5-6,8-9,15,19H,3-4,7,10-14H2,1-2H3. The molecule has 1 aromatic heterocycles. The largest absolute Gasteiger partial charge is 0.383 e. The first-order valence-electron chi connectivity index (χ1n) is 8.13. The van der Waals surface area contributed by atoms with Crippen LogP contribution < -0.4 is 5.32 Å². The maximum Gasteiger partial charge on any atom is 0.0587 e. The van der Waals surface area contributed by atoms with Crippen molar-refractivity contribution in [2.24, 2.45) is 0 Å². The summed E-state index contributed by atoms with van der Waals surface area (Å²) in [5.74, 6) is 0. The van der Waals surface area contributed by atoms with Gasteiger partial charge in [0, 0.05) is 37.3 Å². The van der Waals surface area contributed by atoms with E-state index in [0.717, 1.165) is 32.7 Å². The van der Waals surface area contributed by atoms with Gasteiger partial charge in [0.2, 0.25) is 0 Å². The van der Waals surface area contributed by atoms with E-state index in [0.29, 0.717) is 0 Å². The summed E-state index contributed by atoms with van der Waals surface area (Å²) in [7, 11) is 1.74. The molecule has 0 amide bonds. The maximum absolute atomic E-state index is 5.06. The second kappa shape index (κ2) is 8.85. The predicted molar refractivity (Wildman–Crippen MR) is 89.9 cm³/mol. The van der Waals surface area contributed by atoms with Crippen LogP contribution in [0, 0.1) is 0 Å². The van der Waals surface area contributed by atoms with Gasteiger partial charge in [-0.1, -0.05) is 38.0 Å². The number of rotatable bonds is 10. The molecule has 3 heteroatoms. The Labute approximate surface area is 128 Å². The van der Waals surface area contributed by atoms with Crippen LogP contribution in [-0.2, 0) is 17.7 Å². The Morgan fingerprint density at radius 3 is 2.81 bits per heavy atom. The molecule has 0 radical (unpaired) electrons. The number of methoxy groups -OCH3 is 1. The number of hydrogen-bond donors (Lipinski definition) is 1. The normalized spacial score (nSPS) is 11.3. The van der Waals surface area contributed by atoms with Crippen molar-refractivity contribution in [3.05, 3.63) is 36.0 Å². The zero-order valence-electron chi connectivity index (χ0n) is 13.4. The van der Waals surface area contributed by atoms with Crippen LogP contribution >= 0.6 is 0 Å². The lowest BCUT2D eigenvalue weighted by atomic mass is 10.1. The fraction of sp³-hybridized carbons (Fsp3) is 0.556. The number of aryl methyl sites for hydroxylation is 1. The van der Waals surface area contributed by atoms with E-state index in [1.54, 1.807) is 7.11 Å². The van der Waals surface area contributed by atoms with Crippen molar-refractivity contribution in [3.63, 3.8) is 0 Å². The number of hydrogen-bond acceptors (Lipinski definition) is 2. The summed E-state index contributed by atoms with van der Waals surface area (Å²) < 4.78 is 7.48. The van der Waals surface area contributed by atoms with Crippen molar-refractivity contribution < 1.29 is 4.74 Å². The first-order valence-corrected chi connectivity index (χ1v) is 8.13. The molecule has 1 aromatic carbocycles. The van der Waals surface area contributed by atoms with E-state index in [-0.39, 0.29) is 0 Å². The third kappa shape index (κ3) is 4.58. The summed E-state index contributed by atoms with van der Waals surface area (Å²) in [6.07, 6.45) is 7.26. The molecule has 2 aromatic rings. The van der Waals surface area contributed by atoms with Crippen LogP contribution in [0.5, 0.6) is 0 Å². The quantitative estimate of drug-likeness (QED) is 0.676. The summed E-state index contributed by atoms with van der Waals surface area (Å²) in [5, 5.41) is 4.83. The highest BCUT2D eigenvalue weighted by molar-refractivity contribution is 5.84. The number of unbranched alkanes of at least 4 members (excludes halogenated alkanes) is 2. The van der Waals surface area contributed by atoms with Gasteiger partial charge in [0.25, 0.3) is 0 Å². The van der Waals surface area contributed by atoms with Crippen molar-refractivity contribution in [1.29, 1.82) is 0 Å². The number of aromatic nitrogens is 1. The number of nitrogens with zero attached hydrogens (tertiary/aromatic N) is 1. The first-order chi connectivity index (χ1) is 10.4. The summed E-state index contributed by atoms with van der Waals surface area (Å²) in [4.78, 5) is 0. The van der Waals surface area contributed by atoms with Gasteiger partial charge in [0.15, 0.2) is 0 Å². The van der Waals surface area contributed by atoms with Gasteiger partial charge in [-0.15, -0.1) is 0 Å². The van der Waals surface area contributed by atoms with Gasteiger partial charge in [0.05, 0.1) is 6.61 Å². The third-order valence-corrected chi connectivity index (χ3v) is 3.93. The summed E-state index contributed by atoms with van der Waals surface area (Å²) in [6.45, 7) is 6.09. The van der Waals surface area contributed by atoms with E-state index in [1.165, 1.54) is 35.7 Å². The number of fused-ring (bicyclic) bond motifs is 1. The van der Waals surface area contributed by atoms with Gasteiger partial charge in [-0.2, -0.15) is 0 Å². The van der Waals surface area contributed by atoms with Crippen LogP contribution in [0.3, 0.4) is 0 Å². The molecule has 1 heterocycles. The van der Waals surface area contributed by atoms with Crippen molar-refractivity contribution in [2.75, 3.05) is 26.8 Å². The van der Waals surface area contributed by atoms with Gasteiger partial charge in [-0.05, 0) is 31.0 Å². The van der Waals surface area contributed by atoms with E-state index < -0.39 is 0 Å². The molecule has 0 aliphatic carbocycles. The molecule has 21 heavy (non-hydrogen) atoms. The highest BCUT2D eigenvalue weighted by Crippen LogP contribution is 2.22. The topological polar surface area (TPSA) is 26.2 Å². The molecular formula is C18H28N2O. The van der Waals surface area contributed by atoms with Crippen molar-refractivity contribution in [1.82, 2.24) is 9.88 Å². The number of nitrogens with one attached hydrogen (secondary N) is 1. The summed E-state index contributed by atoms with van der Waals surface area (Å²) in [5.41, 5.74) is 2.83. The maximum atomic E-state index is 5.06. The summed E-state index contributed by atoms with van der Waals surface area (Å²) in [6, 6.07) is 8.76. The monoisotopic (exact) mass is 288 g/mol. The molecule has 0 saturated carbocycles. The Hall–Kier alpha value is -1.32. The zero-order chi connectivity index (χ0) is 14.9. The molecule has 0 spiro atoms. The molecule has 3 nitrogen and oxygen atoms in total. The minimum absolute atomic E-state index is 0.777. The lowest BCUT2D eigenvalue weighted by Crippen LogP contribution is -2.21. The Bertz CT molecular complexity index is 533. The molecule has 0 bridgehead atoms. The van der Waals surface area contributed by atoms with E-state index in [4.69, 9.17) is 4.74 Å². The second-order valence-electron chi connectivity index (χ2n) is 5.56. The zero-order valence-corrected chi connectivity index (χ0v) is 13.4. The molecule has 0 aliphatic heterocycles. The smallest absolute Gasteiger partial charge is 0.0587 e. The lowest BCUT2D eigenvalue weighted by Gasteiger charge is -2.04. The van der Waals surface area contributed by atoms with E-state index >= 15 is 0 Å². The average Bonchev–Trinajstić information content (AvgIpc) is 2.86.